The van der Waals surface area contributed by atoms with Gasteiger partial charge in [-0.05, 0) is 31.7 Å². The second-order valence-corrected chi connectivity index (χ2v) is 6.49. The Balaban J connectivity index is 1.89. The topological polar surface area (TPSA) is 53.7 Å². The van der Waals surface area contributed by atoms with Crippen molar-refractivity contribution in [2.75, 3.05) is 26.9 Å². The number of para-hydroxylation sites is 1. The van der Waals surface area contributed by atoms with Gasteiger partial charge in [0.05, 0.1) is 13.7 Å². The number of rotatable bonds is 5. The van der Waals surface area contributed by atoms with E-state index in [0.29, 0.717) is 13.2 Å². The summed E-state index contributed by atoms with van der Waals surface area (Å²) in [6, 6.07) is 6.21. The van der Waals surface area contributed by atoms with Gasteiger partial charge in [-0.1, -0.05) is 25.0 Å². The Bertz CT molecular complexity index is 491. The van der Waals surface area contributed by atoms with Crippen molar-refractivity contribution >= 4 is 0 Å². The fraction of sp³-hybridized carbons (Fsp3) is 0.667. The van der Waals surface area contributed by atoms with E-state index in [2.05, 4.69) is 12.1 Å². The van der Waals surface area contributed by atoms with Gasteiger partial charge in [0.25, 0.3) is 0 Å². The summed E-state index contributed by atoms with van der Waals surface area (Å²) in [6.07, 6.45) is 6.96. The normalized spacial score (nSPS) is 24.2. The summed E-state index contributed by atoms with van der Waals surface area (Å²) < 4.78 is 17.4. The molecule has 4 nitrogen and oxygen atoms in total. The lowest BCUT2D eigenvalue weighted by molar-refractivity contribution is 0.00633. The van der Waals surface area contributed by atoms with E-state index in [1.807, 2.05) is 6.07 Å². The third-order valence-corrected chi connectivity index (χ3v) is 5.12. The number of hydrogen-bond acceptors (Lipinski definition) is 4. The van der Waals surface area contributed by atoms with E-state index in [0.717, 1.165) is 43.8 Å². The van der Waals surface area contributed by atoms with Crippen LogP contribution in [-0.4, -0.2) is 33.0 Å². The fourth-order valence-electron chi connectivity index (χ4n) is 3.86. The quantitative estimate of drug-likeness (QED) is 0.908. The summed E-state index contributed by atoms with van der Waals surface area (Å²) in [6.45, 7) is 2.17. The first-order valence-electron chi connectivity index (χ1n) is 8.41. The molecular formula is C18H27NO3. The molecule has 122 valence electrons. The minimum Gasteiger partial charge on any atom is -0.493 e. The molecule has 1 saturated heterocycles. The van der Waals surface area contributed by atoms with Gasteiger partial charge in [-0.15, -0.1) is 0 Å². The zero-order chi connectivity index (χ0) is 15.4. The van der Waals surface area contributed by atoms with Crippen LogP contribution in [0.3, 0.4) is 0 Å². The number of methoxy groups -OCH3 is 1. The van der Waals surface area contributed by atoms with Gasteiger partial charge < -0.3 is 19.9 Å². The molecule has 2 N–H and O–H groups in total. The molecule has 1 aromatic rings. The van der Waals surface area contributed by atoms with E-state index >= 15 is 0 Å². The largest absolute Gasteiger partial charge is 0.493 e. The third kappa shape index (κ3) is 2.95. The van der Waals surface area contributed by atoms with Gasteiger partial charge in [0.15, 0.2) is 11.5 Å². The highest BCUT2D eigenvalue weighted by Gasteiger charge is 2.37. The molecule has 1 aliphatic carbocycles. The lowest BCUT2D eigenvalue weighted by Gasteiger charge is -2.31. The molecule has 0 bridgehead atoms. The van der Waals surface area contributed by atoms with E-state index in [4.69, 9.17) is 19.9 Å². The number of hydrogen-bond donors (Lipinski definition) is 1. The van der Waals surface area contributed by atoms with Crippen LogP contribution < -0.4 is 15.2 Å². The van der Waals surface area contributed by atoms with Gasteiger partial charge in [0, 0.05) is 24.1 Å². The Kier molecular flexibility index (Phi) is 4.89. The van der Waals surface area contributed by atoms with Gasteiger partial charge in [0.1, 0.15) is 6.10 Å². The molecule has 2 fully saturated rings. The molecule has 1 heterocycles. The highest BCUT2D eigenvalue weighted by Crippen LogP contribution is 2.47. The smallest absolute Gasteiger partial charge is 0.164 e. The molecule has 1 atom stereocenters. The minimum absolute atomic E-state index is 0.0494. The van der Waals surface area contributed by atoms with E-state index < -0.39 is 0 Å². The monoisotopic (exact) mass is 305 g/mol. The molecule has 0 aromatic heterocycles. The van der Waals surface area contributed by atoms with Gasteiger partial charge in [-0.25, -0.2) is 0 Å². The Labute approximate surface area is 132 Å². The lowest BCUT2D eigenvalue weighted by atomic mass is 9.78. The molecule has 22 heavy (non-hydrogen) atoms. The Morgan fingerprint density at radius 3 is 2.73 bits per heavy atom. The first kappa shape index (κ1) is 15.6. The highest BCUT2D eigenvalue weighted by molar-refractivity contribution is 5.51. The average Bonchev–Trinajstić information content (AvgIpc) is 3.06. The molecule has 1 aliphatic heterocycles. The Morgan fingerprint density at radius 2 is 2.09 bits per heavy atom. The van der Waals surface area contributed by atoms with Crippen LogP contribution in [0.1, 0.15) is 44.1 Å². The van der Waals surface area contributed by atoms with Crippen molar-refractivity contribution in [1.29, 1.82) is 0 Å². The molecular weight excluding hydrogens is 278 g/mol. The summed E-state index contributed by atoms with van der Waals surface area (Å²) in [7, 11) is 1.72. The highest BCUT2D eigenvalue weighted by atomic mass is 16.5. The van der Waals surface area contributed by atoms with E-state index in [9.17, 15) is 0 Å². The van der Waals surface area contributed by atoms with Crippen molar-refractivity contribution in [2.45, 2.75) is 50.0 Å². The summed E-state index contributed by atoms with van der Waals surface area (Å²) in [4.78, 5) is 0. The van der Waals surface area contributed by atoms with Crippen molar-refractivity contribution < 1.29 is 14.2 Å². The zero-order valence-corrected chi connectivity index (χ0v) is 13.5. The van der Waals surface area contributed by atoms with Crippen LogP contribution in [0.25, 0.3) is 0 Å². The summed E-state index contributed by atoms with van der Waals surface area (Å²) in [5.41, 5.74) is 7.40. The summed E-state index contributed by atoms with van der Waals surface area (Å²) in [5, 5.41) is 0. The summed E-state index contributed by atoms with van der Waals surface area (Å²) >= 11 is 0. The van der Waals surface area contributed by atoms with Gasteiger partial charge in [0.2, 0.25) is 0 Å². The molecule has 2 aliphatic rings. The molecule has 0 spiro atoms. The van der Waals surface area contributed by atoms with E-state index in [-0.39, 0.29) is 11.5 Å². The van der Waals surface area contributed by atoms with E-state index in [1.54, 1.807) is 7.11 Å². The average molecular weight is 305 g/mol. The number of nitrogens with two attached hydrogens (primary N) is 1. The zero-order valence-electron chi connectivity index (χ0n) is 13.5. The van der Waals surface area contributed by atoms with Crippen LogP contribution in [-0.2, 0) is 10.2 Å². The summed E-state index contributed by atoms with van der Waals surface area (Å²) in [5.74, 6) is 1.69. The predicted molar refractivity (Wildman–Crippen MR) is 86.7 cm³/mol. The molecule has 3 rings (SSSR count). The molecule has 1 unspecified atom stereocenters. The maximum absolute atomic E-state index is 6.18. The SMILES string of the molecule is COc1c(OC2CCCOC2)cccc1C1(CN)CCCC1. The molecule has 1 saturated carbocycles. The van der Waals surface area contributed by atoms with Crippen LogP contribution in [0, 0.1) is 0 Å². The van der Waals surface area contributed by atoms with Gasteiger partial charge >= 0.3 is 0 Å². The maximum atomic E-state index is 6.18. The van der Waals surface area contributed by atoms with Gasteiger partial charge in [-0.3, -0.25) is 0 Å². The van der Waals surface area contributed by atoms with Crippen LogP contribution in [0.2, 0.25) is 0 Å². The van der Waals surface area contributed by atoms with Crippen molar-refractivity contribution in [3.8, 4) is 11.5 Å². The van der Waals surface area contributed by atoms with Crippen molar-refractivity contribution in [3.05, 3.63) is 23.8 Å². The molecule has 0 amide bonds. The van der Waals surface area contributed by atoms with Crippen molar-refractivity contribution in [1.82, 2.24) is 0 Å². The van der Waals surface area contributed by atoms with Crippen molar-refractivity contribution in [3.63, 3.8) is 0 Å². The maximum Gasteiger partial charge on any atom is 0.164 e. The van der Waals surface area contributed by atoms with Gasteiger partial charge in [-0.2, -0.15) is 0 Å². The third-order valence-electron chi connectivity index (χ3n) is 5.12. The van der Waals surface area contributed by atoms with Crippen LogP contribution in [0.4, 0.5) is 0 Å². The molecule has 4 heteroatoms. The fourth-order valence-corrected chi connectivity index (χ4v) is 3.86. The Hall–Kier alpha value is -1.26. The van der Waals surface area contributed by atoms with Crippen LogP contribution in [0.15, 0.2) is 18.2 Å². The molecule has 1 aromatic carbocycles. The lowest BCUT2D eigenvalue weighted by Crippen LogP contribution is -2.33. The second kappa shape index (κ2) is 6.88. The van der Waals surface area contributed by atoms with E-state index in [1.165, 1.54) is 18.4 Å². The van der Waals surface area contributed by atoms with Crippen molar-refractivity contribution in [2.24, 2.45) is 5.73 Å². The minimum atomic E-state index is 0.0494. The number of ether oxygens (including phenoxy) is 3. The first-order chi connectivity index (χ1) is 10.8. The predicted octanol–water partition coefficient (Wildman–Crippen LogP) is 3.02. The second-order valence-electron chi connectivity index (χ2n) is 6.49. The standard InChI is InChI=1S/C18H27NO3/c1-20-17-15(18(13-19)9-2-3-10-18)7-4-8-16(17)22-14-6-5-11-21-12-14/h4,7-8,14H,2-3,5-6,9-13,19H2,1H3. The van der Waals surface area contributed by atoms with Crippen LogP contribution in [0.5, 0.6) is 11.5 Å². The van der Waals surface area contributed by atoms with Crippen LogP contribution >= 0.6 is 0 Å². The molecule has 0 radical (unpaired) electrons. The first-order valence-corrected chi connectivity index (χ1v) is 8.41. The Morgan fingerprint density at radius 1 is 1.27 bits per heavy atom. The number of benzene rings is 1.